The van der Waals surface area contributed by atoms with E-state index < -0.39 is 0 Å². The quantitative estimate of drug-likeness (QED) is 0.475. The van der Waals surface area contributed by atoms with Gasteiger partial charge in [0.1, 0.15) is 0 Å². The second-order valence-corrected chi connectivity index (χ2v) is 7.37. The Morgan fingerprint density at radius 3 is 2.52 bits per heavy atom. The molecule has 2 amide bonds. The fraction of sp³-hybridized carbons (Fsp3) is 0.389. The number of rotatable bonds is 4. The van der Waals surface area contributed by atoms with E-state index in [1.165, 1.54) is 6.21 Å². The van der Waals surface area contributed by atoms with E-state index in [-0.39, 0.29) is 41.2 Å². The number of phenols is 1. The van der Waals surface area contributed by atoms with Crippen LogP contribution in [0.25, 0.3) is 0 Å². The number of phenolic OH excluding ortho intramolecular Hbond substituents is 1. The number of imide groups is 1. The predicted octanol–water partition coefficient (Wildman–Crippen LogP) is 2.69. The van der Waals surface area contributed by atoms with Gasteiger partial charge in [-0.1, -0.05) is 12.2 Å². The van der Waals surface area contributed by atoms with Crippen LogP contribution in [0.5, 0.6) is 11.5 Å². The summed E-state index contributed by atoms with van der Waals surface area (Å²) in [7, 11) is 0. The zero-order valence-corrected chi connectivity index (χ0v) is 15.1. The van der Waals surface area contributed by atoms with E-state index in [0.29, 0.717) is 22.4 Å². The van der Waals surface area contributed by atoms with Gasteiger partial charge in [-0.2, -0.15) is 10.1 Å². The molecule has 1 N–H and O–H groups in total. The van der Waals surface area contributed by atoms with Gasteiger partial charge in [0.2, 0.25) is 0 Å². The van der Waals surface area contributed by atoms with E-state index in [2.05, 4.69) is 33.2 Å². The smallest absolute Gasteiger partial charge is 0.254 e. The Balaban J connectivity index is 1.59. The number of hydrazone groups is 1. The minimum atomic E-state index is -0.259. The van der Waals surface area contributed by atoms with E-state index in [0.717, 1.165) is 11.4 Å². The highest BCUT2D eigenvalue weighted by Crippen LogP contribution is 2.52. The van der Waals surface area contributed by atoms with Crippen LogP contribution in [0, 0.1) is 23.7 Å². The molecule has 0 aromatic heterocycles. The highest BCUT2D eigenvalue weighted by atomic mass is 79.9. The van der Waals surface area contributed by atoms with Crippen molar-refractivity contribution in [2.75, 3.05) is 6.61 Å². The number of carbonyl (C=O) groups is 2. The lowest BCUT2D eigenvalue weighted by Crippen LogP contribution is -2.28. The first-order chi connectivity index (χ1) is 12.0. The second-order valence-electron chi connectivity index (χ2n) is 6.52. The van der Waals surface area contributed by atoms with Crippen LogP contribution in [0.3, 0.4) is 0 Å². The first-order valence-electron chi connectivity index (χ1n) is 8.26. The summed E-state index contributed by atoms with van der Waals surface area (Å²) in [6.45, 7) is 2.22. The number of carbonyl (C=O) groups excluding carboxylic acids is 2. The van der Waals surface area contributed by atoms with Crippen molar-refractivity contribution in [3.63, 3.8) is 0 Å². The summed E-state index contributed by atoms with van der Waals surface area (Å²) in [6, 6.07) is 3.27. The monoisotopic (exact) mass is 404 g/mol. The van der Waals surface area contributed by atoms with Crippen molar-refractivity contribution in [3.8, 4) is 11.5 Å². The first kappa shape index (κ1) is 16.3. The number of amides is 2. The second kappa shape index (κ2) is 5.98. The summed E-state index contributed by atoms with van der Waals surface area (Å²) in [5.74, 6) is -0.300. The van der Waals surface area contributed by atoms with Crippen molar-refractivity contribution in [1.82, 2.24) is 5.01 Å². The third-order valence-electron chi connectivity index (χ3n) is 5.12. The van der Waals surface area contributed by atoms with Gasteiger partial charge in [-0.05, 0) is 58.8 Å². The average Bonchev–Trinajstić information content (AvgIpc) is 3.25. The first-order valence-corrected chi connectivity index (χ1v) is 9.06. The fourth-order valence-electron chi connectivity index (χ4n) is 4.06. The molecule has 25 heavy (non-hydrogen) atoms. The Labute approximate surface area is 153 Å². The normalized spacial score (nSPS) is 29.9. The van der Waals surface area contributed by atoms with Gasteiger partial charge in [-0.3, -0.25) is 9.59 Å². The molecule has 7 heteroatoms. The summed E-state index contributed by atoms with van der Waals surface area (Å²) in [5, 5.41) is 15.1. The third kappa shape index (κ3) is 2.49. The number of benzene rings is 1. The Kier molecular flexibility index (Phi) is 3.91. The molecular weight excluding hydrogens is 388 g/mol. The van der Waals surface area contributed by atoms with Crippen LogP contribution in [0.2, 0.25) is 0 Å². The molecular formula is C18H17BrN2O4. The number of hydrogen-bond donors (Lipinski definition) is 1. The van der Waals surface area contributed by atoms with Crippen molar-refractivity contribution in [2.45, 2.75) is 13.3 Å². The highest BCUT2D eigenvalue weighted by Gasteiger charge is 2.59. The molecule has 130 valence electrons. The van der Waals surface area contributed by atoms with Crippen molar-refractivity contribution in [1.29, 1.82) is 0 Å². The maximum Gasteiger partial charge on any atom is 0.254 e. The molecule has 4 atom stereocenters. The fourth-order valence-corrected chi connectivity index (χ4v) is 4.52. The molecule has 1 saturated heterocycles. The zero-order chi connectivity index (χ0) is 17.7. The van der Waals surface area contributed by atoms with Gasteiger partial charge in [0.15, 0.2) is 11.5 Å². The maximum atomic E-state index is 12.6. The molecule has 0 unspecified atom stereocenters. The van der Waals surface area contributed by atoms with E-state index in [4.69, 9.17) is 4.74 Å². The van der Waals surface area contributed by atoms with Gasteiger partial charge in [-0.15, -0.1) is 0 Å². The molecule has 2 fully saturated rings. The van der Waals surface area contributed by atoms with Crippen LogP contribution in [0.15, 0.2) is 33.9 Å². The van der Waals surface area contributed by atoms with Crippen LogP contribution in [-0.2, 0) is 9.59 Å². The van der Waals surface area contributed by atoms with E-state index in [1.54, 1.807) is 12.1 Å². The van der Waals surface area contributed by atoms with Crippen molar-refractivity contribution >= 4 is 34.0 Å². The molecule has 1 aliphatic heterocycles. The summed E-state index contributed by atoms with van der Waals surface area (Å²) in [4.78, 5) is 25.2. The Morgan fingerprint density at radius 1 is 1.28 bits per heavy atom. The Hall–Kier alpha value is -2.15. The molecule has 0 radical (unpaired) electrons. The Morgan fingerprint density at radius 2 is 1.92 bits per heavy atom. The summed E-state index contributed by atoms with van der Waals surface area (Å²) < 4.78 is 5.83. The molecule has 3 aliphatic rings. The number of nitrogens with zero attached hydrogens (tertiary/aromatic N) is 2. The molecule has 1 saturated carbocycles. The van der Waals surface area contributed by atoms with Crippen molar-refractivity contribution in [3.05, 3.63) is 34.3 Å². The molecule has 1 heterocycles. The average molecular weight is 405 g/mol. The number of hydrogen-bond acceptors (Lipinski definition) is 5. The van der Waals surface area contributed by atoms with Crippen LogP contribution >= 0.6 is 15.9 Å². The molecule has 2 bridgehead atoms. The lowest BCUT2D eigenvalue weighted by molar-refractivity contribution is -0.140. The minimum absolute atomic E-state index is 0.00417. The van der Waals surface area contributed by atoms with Crippen LogP contribution in [0.4, 0.5) is 0 Å². The minimum Gasteiger partial charge on any atom is -0.503 e. The lowest BCUT2D eigenvalue weighted by atomic mass is 9.85. The summed E-state index contributed by atoms with van der Waals surface area (Å²) in [6.07, 6.45) is 6.44. The molecule has 1 aromatic rings. The van der Waals surface area contributed by atoms with Gasteiger partial charge in [0.25, 0.3) is 11.8 Å². The van der Waals surface area contributed by atoms with Crippen molar-refractivity contribution < 1.29 is 19.4 Å². The lowest BCUT2D eigenvalue weighted by Gasteiger charge is -2.13. The summed E-state index contributed by atoms with van der Waals surface area (Å²) in [5.41, 5.74) is 0.617. The largest absolute Gasteiger partial charge is 0.503 e. The Bertz CT molecular complexity index is 790. The van der Waals surface area contributed by atoms with Gasteiger partial charge >= 0.3 is 0 Å². The van der Waals surface area contributed by atoms with Crippen LogP contribution in [0.1, 0.15) is 18.9 Å². The van der Waals surface area contributed by atoms with E-state index >= 15 is 0 Å². The number of ether oxygens (including phenoxy) is 1. The van der Waals surface area contributed by atoms with Gasteiger partial charge in [0, 0.05) is 0 Å². The van der Waals surface area contributed by atoms with E-state index in [9.17, 15) is 14.7 Å². The van der Waals surface area contributed by atoms with Crippen LogP contribution in [-0.4, -0.2) is 34.8 Å². The SMILES string of the molecule is CCOc1cc(C=NN2C(=O)[C@@H]3[C@H](C2=O)[C@H]2C=C[C@H]3C2)cc(Br)c1O. The van der Waals surface area contributed by atoms with Crippen molar-refractivity contribution in [2.24, 2.45) is 28.8 Å². The molecule has 1 aromatic carbocycles. The van der Waals surface area contributed by atoms with E-state index in [1.807, 2.05) is 6.92 Å². The molecule has 4 rings (SSSR count). The number of allylic oxidation sites excluding steroid dienone is 2. The molecule has 6 nitrogen and oxygen atoms in total. The number of halogens is 1. The van der Waals surface area contributed by atoms with Crippen LogP contribution < -0.4 is 4.74 Å². The maximum absolute atomic E-state index is 12.6. The highest BCUT2D eigenvalue weighted by molar-refractivity contribution is 9.10. The predicted molar refractivity (Wildman–Crippen MR) is 94.1 cm³/mol. The number of fused-ring (bicyclic) bond motifs is 5. The topological polar surface area (TPSA) is 79.2 Å². The number of aromatic hydroxyl groups is 1. The van der Waals surface area contributed by atoms with Gasteiger partial charge in [-0.25, -0.2) is 0 Å². The zero-order valence-electron chi connectivity index (χ0n) is 13.6. The van der Waals surface area contributed by atoms with Gasteiger partial charge in [0.05, 0.1) is 29.1 Å². The third-order valence-corrected chi connectivity index (χ3v) is 5.72. The van der Waals surface area contributed by atoms with Gasteiger partial charge < -0.3 is 9.84 Å². The molecule has 2 aliphatic carbocycles. The standard InChI is InChI=1S/C18H17BrN2O4/c1-2-25-13-6-9(5-12(19)16(13)22)8-20-21-17(23)14-10-3-4-11(7-10)15(14)18(21)24/h3-6,8,10-11,14-15,22H,2,7H2,1H3/t10-,11-,14-,15+/m0/s1. The summed E-state index contributed by atoms with van der Waals surface area (Å²) >= 11 is 3.26. The molecule has 0 spiro atoms.